The van der Waals surface area contributed by atoms with E-state index in [0.29, 0.717) is 28.9 Å². The number of amides is 1. The Kier molecular flexibility index (Phi) is 6.39. The van der Waals surface area contributed by atoms with Crippen molar-refractivity contribution in [2.24, 2.45) is 0 Å². The number of H-pyrrole nitrogens is 1. The molecule has 7 heteroatoms. The lowest BCUT2D eigenvalue weighted by atomic mass is 9.89. The molecule has 1 aromatic heterocycles. The summed E-state index contributed by atoms with van der Waals surface area (Å²) in [7, 11) is 3.26. The number of rotatable bonds is 6. The van der Waals surface area contributed by atoms with Crippen molar-refractivity contribution in [2.75, 3.05) is 39.2 Å². The van der Waals surface area contributed by atoms with Crippen molar-refractivity contribution in [3.63, 3.8) is 0 Å². The second-order valence-corrected chi connectivity index (χ2v) is 8.46. The number of methoxy groups -OCH3 is 2. The standard InChI is InChI=1S/C24H28ClN3O3/c1-15-10-22(23(31-3)12-20(15)25)27-24(29)14-28-8-6-16(7-9-28)19-13-26-21-5-4-17(30-2)11-18(19)21/h4-5,10-13,16,26H,6-9,14H2,1-3H3,(H,27,29). The number of halogens is 1. The number of hydrogen-bond donors (Lipinski definition) is 2. The van der Waals surface area contributed by atoms with E-state index < -0.39 is 0 Å². The zero-order valence-corrected chi connectivity index (χ0v) is 18.9. The number of nitrogens with one attached hydrogen (secondary N) is 2. The average molecular weight is 442 g/mol. The molecule has 0 unspecified atom stereocenters. The summed E-state index contributed by atoms with van der Waals surface area (Å²) in [5, 5.41) is 4.81. The summed E-state index contributed by atoms with van der Waals surface area (Å²) in [5.74, 6) is 1.86. The Hall–Kier alpha value is -2.70. The lowest BCUT2D eigenvalue weighted by Crippen LogP contribution is -2.38. The molecular formula is C24H28ClN3O3. The third-order valence-corrected chi connectivity index (χ3v) is 6.48. The first-order valence-electron chi connectivity index (χ1n) is 10.5. The number of nitrogens with zero attached hydrogens (tertiary/aromatic N) is 1. The molecule has 0 atom stereocenters. The zero-order valence-electron chi connectivity index (χ0n) is 18.1. The first-order valence-corrected chi connectivity index (χ1v) is 10.9. The smallest absolute Gasteiger partial charge is 0.238 e. The number of hydrogen-bond acceptors (Lipinski definition) is 4. The number of piperidine rings is 1. The van der Waals surface area contributed by atoms with E-state index in [-0.39, 0.29) is 5.91 Å². The topological polar surface area (TPSA) is 66.6 Å². The Morgan fingerprint density at radius 3 is 2.68 bits per heavy atom. The van der Waals surface area contributed by atoms with Gasteiger partial charge in [-0.15, -0.1) is 0 Å². The highest BCUT2D eigenvalue weighted by Gasteiger charge is 2.24. The van der Waals surface area contributed by atoms with Crippen LogP contribution in [0.5, 0.6) is 11.5 Å². The van der Waals surface area contributed by atoms with Crippen molar-refractivity contribution in [3.05, 3.63) is 52.7 Å². The van der Waals surface area contributed by atoms with Gasteiger partial charge in [-0.2, -0.15) is 0 Å². The van der Waals surface area contributed by atoms with Crippen LogP contribution in [0.25, 0.3) is 10.9 Å². The number of benzene rings is 2. The molecule has 3 aromatic rings. The third kappa shape index (κ3) is 4.65. The van der Waals surface area contributed by atoms with E-state index >= 15 is 0 Å². The van der Waals surface area contributed by atoms with E-state index in [0.717, 1.165) is 42.8 Å². The van der Waals surface area contributed by atoms with Gasteiger partial charge in [0.15, 0.2) is 0 Å². The normalized spacial score (nSPS) is 15.2. The number of carbonyl (C=O) groups excluding carboxylic acids is 1. The second kappa shape index (κ2) is 9.20. The van der Waals surface area contributed by atoms with E-state index in [2.05, 4.69) is 33.5 Å². The molecule has 2 heterocycles. The Morgan fingerprint density at radius 2 is 1.97 bits per heavy atom. The molecule has 0 spiro atoms. The SMILES string of the molecule is COc1ccc2[nH]cc(C3CCN(CC(=O)Nc4cc(C)c(Cl)cc4OC)CC3)c2c1. The number of aromatic amines is 1. The molecular weight excluding hydrogens is 414 g/mol. The Labute approximate surface area is 187 Å². The lowest BCUT2D eigenvalue weighted by Gasteiger charge is -2.31. The number of carbonyl (C=O) groups is 1. The first kappa shape index (κ1) is 21.5. The number of aromatic nitrogens is 1. The van der Waals surface area contributed by atoms with Gasteiger partial charge in [-0.25, -0.2) is 0 Å². The molecule has 0 aliphatic carbocycles. The number of likely N-dealkylation sites (tertiary alicyclic amines) is 1. The van der Waals surface area contributed by atoms with E-state index in [1.54, 1.807) is 20.3 Å². The average Bonchev–Trinajstić information content (AvgIpc) is 3.19. The summed E-state index contributed by atoms with van der Waals surface area (Å²) in [4.78, 5) is 18.2. The Morgan fingerprint density at radius 1 is 1.19 bits per heavy atom. The first-order chi connectivity index (χ1) is 15.0. The highest BCUT2D eigenvalue weighted by Crippen LogP contribution is 2.35. The van der Waals surface area contributed by atoms with Crippen molar-refractivity contribution in [1.82, 2.24) is 9.88 Å². The van der Waals surface area contributed by atoms with Gasteiger partial charge in [0.25, 0.3) is 0 Å². The largest absolute Gasteiger partial charge is 0.497 e. The highest BCUT2D eigenvalue weighted by molar-refractivity contribution is 6.31. The van der Waals surface area contributed by atoms with Gasteiger partial charge >= 0.3 is 0 Å². The highest BCUT2D eigenvalue weighted by atomic mass is 35.5. The summed E-state index contributed by atoms with van der Waals surface area (Å²) in [6, 6.07) is 9.71. The molecule has 4 rings (SSSR count). The third-order valence-electron chi connectivity index (χ3n) is 6.07. The monoisotopic (exact) mass is 441 g/mol. The van der Waals surface area contributed by atoms with E-state index in [4.69, 9.17) is 21.1 Å². The van der Waals surface area contributed by atoms with Crippen LogP contribution in [-0.2, 0) is 4.79 Å². The maximum atomic E-state index is 12.6. The molecule has 1 amide bonds. The van der Waals surface area contributed by atoms with Crippen molar-refractivity contribution in [2.45, 2.75) is 25.7 Å². The molecule has 6 nitrogen and oxygen atoms in total. The maximum absolute atomic E-state index is 12.6. The Bertz CT molecular complexity index is 1090. The van der Waals surface area contributed by atoms with Gasteiger partial charge in [-0.1, -0.05) is 11.6 Å². The van der Waals surface area contributed by atoms with Gasteiger partial charge in [-0.05, 0) is 74.2 Å². The van der Waals surface area contributed by atoms with Crippen LogP contribution < -0.4 is 14.8 Å². The van der Waals surface area contributed by atoms with Crippen molar-refractivity contribution in [3.8, 4) is 11.5 Å². The fourth-order valence-corrected chi connectivity index (χ4v) is 4.46. The predicted octanol–water partition coefficient (Wildman–Crippen LogP) is 4.97. The molecule has 1 aliphatic heterocycles. The van der Waals surface area contributed by atoms with Gasteiger partial charge in [0.1, 0.15) is 11.5 Å². The van der Waals surface area contributed by atoms with Gasteiger partial charge in [0.2, 0.25) is 5.91 Å². The molecule has 0 radical (unpaired) electrons. The lowest BCUT2D eigenvalue weighted by molar-refractivity contribution is -0.117. The quantitative estimate of drug-likeness (QED) is 0.567. The fraction of sp³-hybridized carbons (Fsp3) is 0.375. The fourth-order valence-electron chi connectivity index (χ4n) is 4.31. The van der Waals surface area contributed by atoms with E-state index in [1.165, 1.54) is 10.9 Å². The van der Waals surface area contributed by atoms with Gasteiger partial charge in [0.05, 0.1) is 26.5 Å². The molecule has 1 fully saturated rings. The zero-order chi connectivity index (χ0) is 22.0. The molecule has 164 valence electrons. The minimum atomic E-state index is -0.0460. The van der Waals surface area contributed by atoms with Crippen LogP contribution in [0.1, 0.15) is 29.9 Å². The molecule has 0 saturated carbocycles. The molecule has 2 aromatic carbocycles. The predicted molar refractivity (Wildman–Crippen MR) is 125 cm³/mol. The Balaban J connectivity index is 1.37. The summed E-state index contributed by atoms with van der Waals surface area (Å²) in [6.07, 6.45) is 4.15. The van der Waals surface area contributed by atoms with E-state index in [1.807, 2.05) is 19.1 Å². The van der Waals surface area contributed by atoms with Crippen molar-refractivity contribution in [1.29, 1.82) is 0 Å². The van der Waals surface area contributed by atoms with Crippen LogP contribution in [0, 0.1) is 6.92 Å². The summed E-state index contributed by atoms with van der Waals surface area (Å²) in [6.45, 7) is 4.03. The summed E-state index contributed by atoms with van der Waals surface area (Å²) < 4.78 is 10.7. The maximum Gasteiger partial charge on any atom is 0.238 e. The number of ether oxygens (including phenoxy) is 2. The summed E-state index contributed by atoms with van der Waals surface area (Å²) >= 11 is 6.16. The van der Waals surface area contributed by atoms with Crippen LogP contribution in [0.4, 0.5) is 5.69 Å². The van der Waals surface area contributed by atoms with Crippen LogP contribution in [-0.4, -0.2) is 49.6 Å². The van der Waals surface area contributed by atoms with E-state index in [9.17, 15) is 4.79 Å². The molecule has 1 saturated heterocycles. The summed E-state index contributed by atoms with van der Waals surface area (Å²) in [5.41, 5.74) is 4.01. The minimum Gasteiger partial charge on any atom is -0.497 e. The minimum absolute atomic E-state index is 0.0460. The van der Waals surface area contributed by atoms with Gasteiger partial charge in [-0.3, -0.25) is 9.69 Å². The molecule has 2 N–H and O–H groups in total. The van der Waals surface area contributed by atoms with Crippen LogP contribution >= 0.6 is 11.6 Å². The second-order valence-electron chi connectivity index (χ2n) is 8.06. The van der Waals surface area contributed by atoms with Gasteiger partial charge < -0.3 is 19.8 Å². The molecule has 1 aliphatic rings. The van der Waals surface area contributed by atoms with Crippen LogP contribution in [0.2, 0.25) is 5.02 Å². The van der Waals surface area contributed by atoms with Crippen molar-refractivity contribution < 1.29 is 14.3 Å². The number of anilines is 1. The van der Waals surface area contributed by atoms with Gasteiger partial charge in [0, 0.05) is 28.2 Å². The van der Waals surface area contributed by atoms with Crippen molar-refractivity contribution >= 4 is 34.1 Å². The number of fused-ring (bicyclic) bond motifs is 1. The van der Waals surface area contributed by atoms with Crippen LogP contribution in [0.15, 0.2) is 36.5 Å². The molecule has 31 heavy (non-hydrogen) atoms. The molecule has 0 bridgehead atoms. The van der Waals surface area contributed by atoms with Crippen LogP contribution in [0.3, 0.4) is 0 Å². The number of aryl methyl sites for hydroxylation is 1.